The molecular weight excluding hydrogens is 426 g/mol. The van der Waals surface area contributed by atoms with Crippen molar-refractivity contribution in [3.05, 3.63) is 35.7 Å². The molecule has 33 heavy (non-hydrogen) atoms. The van der Waals surface area contributed by atoms with Gasteiger partial charge in [0.25, 0.3) is 5.91 Å². The summed E-state index contributed by atoms with van der Waals surface area (Å²) >= 11 is 0. The fraction of sp³-hybridized carbons (Fsp3) is 0.545. The minimum atomic E-state index is -0.668. The summed E-state index contributed by atoms with van der Waals surface area (Å²) in [6, 6.07) is 5.59. The van der Waals surface area contributed by atoms with Crippen molar-refractivity contribution in [3.63, 3.8) is 0 Å². The molecule has 1 aliphatic rings. The summed E-state index contributed by atoms with van der Waals surface area (Å²) in [7, 11) is 0. The first kappa shape index (κ1) is 24.1. The fourth-order valence-electron chi connectivity index (χ4n) is 3.63. The van der Waals surface area contributed by atoms with E-state index in [-0.39, 0.29) is 17.7 Å². The highest BCUT2D eigenvalue weighted by Crippen LogP contribution is 2.24. The highest BCUT2D eigenvalue weighted by Gasteiger charge is 2.37. The van der Waals surface area contributed by atoms with E-state index in [1.165, 1.54) is 4.90 Å². The van der Waals surface area contributed by atoms with E-state index >= 15 is 0 Å². The van der Waals surface area contributed by atoms with Crippen LogP contribution in [0.3, 0.4) is 0 Å². The molecule has 0 spiro atoms. The maximum absolute atomic E-state index is 13.1. The number of nitrogens with one attached hydrogen (secondary N) is 3. The Balaban J connectivity index is 1.74. The van der Waals surface area contributed by atoms with Gasteiger partial charge in [0.1, 0.15) is 11.6 Å². The van der Waals surface area contributed by atoms with Crippen molar-refractivity contribution < 1.29 is 19.1 Å². The number of amides is 3. The molecule has 2 aromatic rings. The van der Waals surface area contributed by atoms with E-state index in [2.05, 4.69) is 31.3 Å². The van der Waals surface area contributed by atoms with Crippen LogP contribution in [-0.2, 0) is 9.53 Å². The summed E-state index contributed by atoms with van der Waals surface area (Å²) < 4.78 is 5.44. The number of likely N-dealkylation sites (tertiary alicyclic amines) is 1. The first-order valence-electron chi connectivity index (χ1n) is 11.0. The van der Waals surface area contributed by atoms with Gasteiger partial charge in [0.15, 0.2) is 5.82 Å². The second kappa shape index (κ2) is 9.97. The van der Waals surface area contributed by atoms with Crippen LogP contribution in [0.15, 0.2) is 24.3 Å². The second-order valence-electron chi connectivity index (χ2n) is 9.33. The van der Waals surface area contributed by atoms with Crippen LogP contribution in [0.1, 0.15) is 69.7 Å². The van der Waals surface area contributed by atoms with Crippen molar-refractivity contribution in [3.8, 4) is 0 Å². The van der Waals surface area contributed by atoms with Crippen molar-refractivity contribution in [2.45, 2.75) is 65.1 Å². The molecule has 3 N–H and O–H groups in total. The van der Waals surface area contributed by atoms with E-state index in [9.17, 15) is 14.4 Å². The highest BCUT2D eigenvalue weighted by atomic mass is 16.6. The van der Waals surface area contributed by atoms with E-state index in [1.807, 2.05) is 13.8 Å². The molecule has 0 radical (unpaired) electrons. The monoisotopic (exact) mass is 457 g/mol. The van der Waals surface area contributed by atoms with Crippen LogP contribution in [-0.4, -0.2) is 61.6 Å². The molecule has 1 aliphatic heterocycles. The highest BCUT2D eigenvalue weighted by molar-refractivity contribution is 6.05. The number of tetrazole rings is 1. The average Bonchev–Trinajstić information content (AvgIpc) is 3.42. The summed E-state index contributed by atoms with van der Waals surface area (Å²) in [5, 5.41) is 19.6. The predicted octanol–water partition coefficient (Wildman–Crippen LogP) is 2.66. The van der Waals surface area contributed by atoms with Gasteiger partial charge >= 0.3 is 6.09 Å². The maximum atomic E-state index is 13.1. The SMILES string of the molecule is CC(C)[C@H](NC(=O)c1ccccc1NC(=O)[C@@H]1CCCN1C(=O)OC(C)(C)C)c1nn[nH]n1. The number of carbonyl (C=O) groups excluding carboxylic acids is 3. The zero-order chi connectivity index (χ0) is 24.2. The Kier molecular flexibility index (Phi) is 7.29. The largest absolute Gasteiger partial charge is 0.444 e. The lowest BCUT2D eigenvalue weighted by molar-refractivity contribution is -0.120. The first-order chi connectivity index (χ1) is 15.6. The Hall–Kier alpha value is -3.50. The third-order valence-corrected chi connectivity index (χ3v) is 5.21. The molecule has 0 unspecified atom stereocenters. The van der Waals surface area contributed by atoms with Crippen LogP contribution in [0.2, 0.25) is 0 Å². The Bertz CT molecular complexity index is 985. The summed E-state index contributed by atoms with van der Waals surface area (Å²) in [6.45, 7) is 9.65. The van der Waals surface area contributed by atoms with Crippen LogP contribution in [0.25, 0.3) is 0 Å². The number of H-pyrrole nitrogens is 1. The number of anilines is 1. The smallest absolute Gasteiger partial charge is 0.410 e. The molecule has 0 saturated carbocycles. The van der Waals surface area contributed by atoms with Crippen LogP contribution < -0.4 is 10.6 Å². The van der Waals surface area contributed by atoms with Crippen molar-refractivity contribution in [2.24, 2.45) is 5.92 Å². The molecule has 0 aliphatic carbocycles. The first-order valence-corrected chi connectivity index (χ1v) is 11.0. The lowest BCUT2D eigenvalue weighted by Crippen LogP contribution is -2.45. The molecule has 11 nitrogen and oxygen atoms in total. The minimum Gasteiger partial charge on any atom is -0.444 e. The molecule has 2 heterocycles. The number of hydrogen-bond acceptors (Lipinski definition) is 7. The Morgan fingerprint density at radius 3 is 2.58 bits per heavy atom. The summed E-state index contributed by atoms with van der Waals surface area (Å²) in [6.07, 6.45) is 0.693. The topological polar surface area (TPSA) is 142 Å². The molecule has 3 amide bonds. The quantitative estimate of drug-likeness (QED) is 0.605. The van der Waals surface area contributed by atoms with Gasteiger partial charge in [-0.25, -0.2) is 4.79 Å². The third-order valence-electron chi connectivity index (χ3n) is 5.21. The lowest BCUT2D eigenvalue weighted by Gasteiger charge is -2.28. The number of para-hydroxylation sites is 1. The van der Waals surface area contributed by atoms with E-state index < -0.39 is 23.8 Å². The molecule has 1 saturated heterocycles. The molecule has 1 fully saturated rings. The number of nitrogens with zero attached hydrogens (tertiary/aromatic N) is 4. The number of carbonyl (C=O) groups is 3. The number of aromatic nitrogens is 4. The fourth-order valence-corrected chi connectivity index (χ4v) is 3.63. The van der Waals surface area contributed by atoms with Gasteiger partial charge in [-0.2, -0.15) is 5.21 Å². The average molecular weight is 458 g/mol. The molecule has 1 aromatic carbocycles. The van der Waals surface area contributed by atoms with Gasteiger partial charge in [-0.15, -0.1) is 10.2 Å². The van der Waals surface area contributed by atoms with Gasteiger partial charge in [-0.05, 0) is 51.7 Å². The van der Waals surface area contributed by atoms with E-state index in [0.29, 0.717) is 36.5 Å². The van der Waals surface area contributed by atoms with Gasteiger partial charge in [-0.3, -0.25) is 14.5 Å². The molecule has 0 bridgehead atoms. The zero-order valence-electron chi connectivity index (χ0n) is 19.6. The minimum absolute atomic E-state index is 0.00850. The van der Waals surface area contributed by atoms with E-state index in [4.69, 9.17) is 4.74 Å². The normalized spacial score (nSPS) is 17.0. The van der Waals surface area contributed by atoms with Crippen molar-refractivity contribution in [2.75, 3.05) is 11.9 Å². The molecule has 11 heteroatoms. The standard InChI is InChI=1S/C22H31N7O4/c1-13(2)17(18-25-27-28-26-18)24-19(30)14-9-6-7-10-15(14)23-20(31)16-11-8-12-29(16)21(32)33-22(3,4)5/h6-7,9-10,13,16-17H,8,11-12H2,1-5H3,(H,23,31)(H,24,30)(H,25,26,27,28)/t16-,17-/m0/s1. The Labute approximate surface area is 192 Å². The Morgan fingerprint density at radius 2 is 1.94 bits per heavy atom. The van der Waals surface area contributed by atoms with Crippen molar-refractivity contribution in [1.82, 2.24) is 30.8 Å². The summed E-state index contributed by atoms with van der Waals surface area (Å²) in [5.74, 6) is -0.366. The third kappa shape index (κ3) is 6.05. The maximum Gasteiger partial charge on any atom is 0.410 e. The predicted molar refractivity (Wildman–Crippen MR) is 120 cm³/mol. The number of rotatable bonds is 6. The van der Waals surface area contributed by atoms with Gasteiger partial charge in [0.2, 0.25) is 5.91 Å². The zero-order valence-corrected chi connectivity index (χ0v) is 19.6. The van der Waals surface area contributed by atoms with Crippen molar-refractivity contribution in [1.29, 1.82) is 0 Å². The van der Waals surface area contributed by atoms with Gasteiger partial charge < -0.3 is 15.4 Å². The Morgan fingerprint density at radius 1 is 1.21 bits per heavy atom. The van der Waals surface area contributed by atoms with Crippen LogP contribution in [0.5, 0.6) is 0 Å². The van der Waals surface area contributed by atoms with Gasteiger partial charge in [0, 0.05) is 6.54 Å². The number of hydrogen-bond donors (Lipinski definition) is 3. The molecule has 1 aromatic heterocycles. The van der Waals surface area contributed by atoms with Crippen molar-refractivity contribution >= 4 is 23.6 Å². The van der Waals surface area contributed by atoms with Gasteiger partial charge in [-0.1, -0.05) is 31.2 Å². The molecule has 2 atom stereocenters. The second-order valence-corrected chi connectivity index (χ2v) is 9.33. The van der Waals surface area contributed by atoms with Crippen LogP contribution in [0.4, 0.5) is 10.5 Å². The number of aromatic amines is 1. The van der Waals surface area contributed by atoms with E-state index in [0.717, 1.165) is 0 Å². The molecule has 178 valence electrons. The summed E-state index contributed by atoms with van der Waals surface area (Å²) in [4.78, 5) is 40.1. The number of benzene rings is 1. The molecular formula is C22H31N7O4. The van der Waals surface area contributed by atoms with E-state index in [1.54, 1.807) is 45.0 Å². The lowest BCUT2D eigenvalue weighted by atomic mass is 10.0. The van der Waals surface area contributed by atoms with Gasteiger partial charge in [0.05, 0.1) is 17.3 Å². The number of ether oxygens (including phenoxy) is 1. The van der Waals surface area contributed by atoms with Crippen LogP contribution in [0, 0.1) is 5.92 Å². The van der Waals surface area contributed by atoms with Crippen LogP contribution >= 0.6 is 0 Å². The molecule has 3 rings (SSSR count). The summed E-state index contributed by atoms with van der Waals surface area (Å²) in [5.41, 5.74) is -0.00898.